The second-order valence-electron chi connectivity index (χ2n) is 5.26. The number of benzene rings is 1. The number of aliphatic carboxylic acids is 1. The molecule has 1 fully saturated rings. The van der Waals surface area contributed by atoms with Gasteiger partial charge >= 0.3 is 5.97 Å². The third-order valence-electron chi connectivity index (χ3n) is 4.00. The van der Waals surface area contributed by atoms with Crippen LogP contribution in [-0.2, 0) is 4.79 Å². The Kier molecular flexibility index (Phi) is 4.37. The van der Waals surface area contributed by atoms with Crippen LogP contribution in [-0.4, -0.2) is 17.6 Å². The summed E-state index contributed by atoms with van der Waals surface area (Å²) in [4.78, 5) is 11.3. The van der Waals surface area contributed by atoms with Gasteiger partial charge in [0.2, 0.25) is 0 Å². The van der Waals surface area contributed by atoms with E-state index in [0.29, 0.717) is 11.8 Å². The van der Waals surface area contributed by atoms with Gasteiger partial charge in [0, 0.05) is 0 Å². The fourth-order valence-electron chi connectivity index (χ4n) is 2.79. The Morgan fingerprint density at radius 1 is 1.39 bits per heavy atom. The van der Waals surface area contributed by atoms with Crippen molar-refractivity contribution in [3.63, 3.8) is 0 Å². The average Bonchev–Trinajstić information content (AvgIpc) is 2.76. The lowest BCUT2D eigenvalue weighted by Gasteiger charge is -2.20. The molecule has 0 amide bonds. The summed E-state index contributed by atoms with van der Waals surface area (Å²) in [6.07, 6.45) is 3.77. The SMILES string of the molecule is CC1CCCC1CNC(C(=O)O)c1ccccc1. The minimum atomic E-state index is -0.799. The van der Waals surface area contributed by atoms with Gasteiger partial charge in [-0.05, 0) is 30.4 Å². The number of rotatable bonds is 5. The minimum Gasteiger partial charge on any atom is -0.480 e. The summed E-state index contributed by atoms with van der Waals surface area (Å²) < 4.78 is 0. The van der Waals surface area contributed by atoms with Crippen molar-refractivity contribution < 1.29 is 9.90 Å². The van der Waals surface area contributed by atoms with Crippen LogP contribution >= 0.6 is 0 Å². The quantitative estimate of drug-likeness (QED) is 0.841. The van der Waals surface area contributed by atoms with Gasteiger partial charge in [-0.1, -0.05) is 50.1 Å². The van der Waals surface area contributed by atoms with E-state index in [1.54, 1.807) is 0 Å². The zero-order valence-electron chi connectivity index (χ0n) is 10.8. The van der Waals surface area contributed by atoms with Crippen molar-refractivity contribution in [1.29, 1.82) is 0 Å². The first-order chi connectivity index (χ1) is 8.68. The normalized spacial score (nSPS) is 24.9. The monoisotopic (exact) mass is 247 g/mol. The summed E-state index contributed by atoms with van der Waals surface area (Å²) in [6.45, 7) is 3.06. The van der Waals surface area contributed by atoms with E-state index in [4.69, 9.17) is 0 Å². The van der Waals surface area contributed by atoms with Crippen molar-refractivity contribution >= 4 is 5.97 Å². The molecule has 2 rings (SSSR count). The maximum atomic E-state index is 11.3. The van der Waals surface area contributed by atoms with Gasteiger partial charge in [-0.25, -0.2) is 0 Å². The first-order valence-corrected chi connectivity index (χ1v) is 6.69. The Balaban J connectivity index is 1.97. The molecule has 3 atom stereocenters. The van der Waals surface area contributed by atoms with E-state index < -0.39 is 12.0 Å². The van der Waals surface area contributed by atoms with E-state index in [1.165, 1.54) is 19.3 Å². The Hall–Kier alpha value is -1.35. The Labute approximate surface area is 108 Å². The molecule has 0 heterocycles. The van der Waals surface area contributed by atoms with Crippen LogP contribution in [0.3, 0.4) is 0 Å². The standard InChI is InChI=1S/C15H21NO2/c1-11-6-5-9-13(11)10-16-14(15(17)18)12-7-3-2-4-8-12/h2-4,7-8,11,13-14,16H,5-6,9-10H2,1H3,(H,17,18). The number of carboxylic acids is 1. The van der Waals surface area contributed by atoms with Crippen LogP contribution in [0.5, 0.6) is 0 Å². The highest BCUT2D eigenvalue weighted by Gasteiger charge is 2.26. The number of nitrogens with one attached hydrogen (secondary N) is 1. The summed E-state index contributed by atoms with van der Waals surface area (Å²) in [7, 11) is 0. The van der Waals surface area contributed by atoms with Gasteiger partial charge in [0.15, 0.2) is 0 Å². The topological polar surface area (TPSA) is 49.3 Å². The number of carboxylic acid groups (broad SMARTS) is 1. The third-order valence-corrected chi connectivity index (χ3v) is 4.00. The van der Waals surface area contributed by atoms with Gasteiger partial charge in [0.25, 0.3) is 0 Å². The Morgan fingerprint density at radius 3 is 2.67 bits per heavy atom. The van der Waals surface area contributed by atoms with E-state index in [9.17, 15) is 9.90 Å². The fourth-order valence-corrected chi connectivity index (χ4v) is 2.79. The molecule has 0 saturated heterocycles. The summed E-state index contributed by atoms with van der Waals surface area (Å²) in [5, 5.41) is 12.5. The lowest BCUT2D eigenvalue weighted by Crippen LogP contribution is -2.33. The van der Waals surface area contributed by atoms with E-state index in [-0.39, 0.29) is 0 Å². The maximum absolute atomic E-state index is 11.3. The van der Waals surface area contributed by atoms with E-state index in [0.717, 1.165) is 12.1 Å². The highest BCUT2D eigenvalue weighted by molar-refractivity contribution is 5.75. The van der Waals surface area contributed by atoms with E-state index in [2.05, 4.69) is 12.2 Å². The van der Waals surface area contributed by atoms with Crippen molar-refractivity contribution in [2.75, 3.05) is 6.54 Å². The lowest BCUT2D eigenvalue weighted by atomic mass is 9.97. The first-order valence-electron chi connectivity index (χ1n) is 6.69. The van der Waals surface area contributed by atoms with Gasteiger partial charge in [-0.15, -0.1) is 0 Å². The minimum absolute atomic E-state index is 0.584. The largest absolute Gasteiger partial charge is 0.480 e. The van der Waals surface area contributed by atoms with Gasteiger partial charge in [-0.2, -0.15) is 0 Å². The number of hydrogen-bond acceptors (Lipinski definition) is 2. The molecule has 1 saturated carbocycles. The smallest absolute Gasteiger partial charge is 0.325 e. The summed E-state index contributed by atoms with van der Waals surface area (Å²) in [6, 6.07) is 8.81. The van der Waals surface area contributed by atoms with Crippen molar-refractivity contribution in [2.45, 2.75) is 32.2 Å². The molecule has 0 spiro atoms. The summed E-state index contributed by atoms with van der Waals surface area (Å²) in [5.41, 5.74) is 0.829. The molecule has 98 valence electrons. The van der Waals surface area contributed by atoms with Crippen LogP contribution in [0.2, 0.25) is 0 Å². The van der Waals surface area contributed by atoms with Crippen molar-refractivity contribution in [1.82, 2.24) is 5.32 Å². The molecule has 3 heteroatoms. The van der Waals surface area contributed by atoms with Crippen LogP contribution in [0.1, 0.15) is 37.8 Å². The van der Waals surface area contributed by atoms with Gasteiger partial charge < -0.3 is 10.4 Å². The van der Waals surface area contributed by atoms with Gasteiger partial charge in [0.1, 0.15) is 6.04 Å². The molecular formula is C15H21NO2. The molecule has 0 aliphatic heterocycles. The van der Waals surface area contributed by atoms with Crippen molar-refractivity contribution in [3.8, 4) is 0 Å². The zero-order valence-corrected chi connectivity index (χ0v) is 10.8. The fraction of sp³-hybridized carbons (Fsp3) is 0.533. The van der Waals surface area contributed by atoms with Crippen LogP contribution in [0.25, 0.3) is 0 Å². The van der Waals surface area contributed by atoms with Crippen molar-refractivity contribution in [3.05, 3.63) is 35.9 Å². The molecule has 2 N–H and O–H groups in total. The molecule has 0 radical (unpaired) electrons. The lowest BCUT2D eigenvalue weighted by molar-refractivity contribution is -0.139. The Bertz CT molecular complexity index is 391. The summed E-state index contributed by atoms with van der Waals surface area (Å²) >= 11 is 0. The second-order valence-corrected chi connectivity index (χ2v) is 5.26. The summed E-state index contributed by atoms with van der Waals surface area (Å²) in [5.74, 6) is 0.533. The zero-order chi connectivity index (χ0) is 13.0. The molecule has 3 unspecified atom stereocenters. The highest BCUT2D eigenvalue weighted by Crippen LogP contribution is 2.31. The molecule has 0 bridgehead atoms. The second kappa shape index (κ2) is 6.01. The predicted octanol–water partition coefficient (Wildman–Crippen LogP) is 2.84. The molecule has 18 heavy (non-hydrogen) atoms. The van der Waals surface area contributed by atoms with Crippen LogP contribution in [0, 0.1) is 11.8 Å². The molecule has 1 aromatic carbocycles. The van der Waals surface area contributed by atoms with E-state index in [1.807, 2.05) is 30.3 Å². The van der Waals surface area contributed by atoms with Crippen LogP contribution in [0.15, 0.2) is 30.3 Å². The highest BCUT2D eigenvalue weighted by atomic mass is 16.4. The molecule has 1 aliphatic rings. The van der Waals surface area contributed by atoms with Crippen molar-refractivity contribution in [2.24, 2.45) is 11.8 Å². The molecular weight excluding hydrogens is 226 g/mol. The maximum Gasteiger partial charge on any atom is 0.325 e. The van der Waals surface area contributed by atoms with Crippen LogP contribution in [0.4, 0.5) is 0 Å². The number of carbonyl (C=O) groups is 1. The third kappa shape index (κ3) is 3.10. The van der Waals surface area contributed by atoms with Gasteiger partial charge in [-0.3, -0.25) is 4.79 Å². The Morgan fingerprint density at radius 2 is 2.11 bits per heavy atom. The van der Waals surface area contributed by atoms with Crippen LogP contribution < -0.4 is 5.32 Å². The predicted molar refractivity (Wildman–Crippen MR) is 71.3 cm³/mol. The molecule has 0 aromatic heterocycles. The molecule has 3 nitrogen and oxygen atoms in total. The number of hydrogen-bond donors (Lipinski definition) is 2. The molecule has 1 aromatic rings. The first kappa shape index (κ1) is 13.1. The average molecular weight is 247 g/mol. The van der Waals surface area contributed by atoms with E-state index >= 15 is 0 Å². The van der Waals surface area contributed by atoms with Gasteiger partial charge in [0.05, 0.1) is 0 Å². The molecule has 1 aliphatic carbocycles.